The summed E-state index contributed by atoms with van der Waals surface area (Å²) in [7, 11) is -3.27. The van der Waals surface area contributed by atoms with Crippen molar-refractivity contribution in [3.8, 4) is 0 Å². The van der Waals surface area contributed by atoms with Gasteiger partial charge in [-0.2, -0.15) is 0 Å². The molecule has 0 aromatic heterocycles. The zero-order valence-corrected chi connectivity index (χ0v) is 11.9. The van der Waals surface area contributed by atoms with Crippen molar-refractivity contribution < 1.29 is 8.42 Å². The average Bonchev–Trinajstić information content (AvgIpc) is 2.32. The molecular weight excluding hydrogens is 248 g/mol. The lowest BCUT2D eigenvalue weighted by Crippen LogP contribution is -2.33. The molecule has 1 rings (SSSR count). The van der Waals surface area contributed by atoms with E-state index in [1.54, 1.807) is 22.5 Å². The maximum absolute atomic E-state index is 12.3. The molecule has 0 atom stereocenters. The zero-order chi connectivity index (χ0) is 13.6. The van der Waals surface area contributed by atoms with E-state index in [-0.39, 0.29) is 5.75 Å². The van der Waals surface area contributed by atoms with Crippen LogP contribution in [0.2, 0.25) is 0 Å². The molecule has 0 fully saturated rings. The summed E-state index contributed by atoms with van der Waals surface area (Å²) in [6.45, 7) is 5.11. The highest BCUT2D eigenvalue weighted by atomic mass is 32.2. The number of anilines is 1. The Labute approximate surface area is 110 Å². The van der Waals surface area contributed by atoms with Crippen molar-refractivity contribution in [1.82, 2.24) is 4.31 Å². The average molecular weight is 270 g/mol. The third kappa shape index (κ3) is 3.99. The molecule has 0 heterocycles. The molecule has 1 aromatic carbocycles. The molecule has 0 bridgehead atoms. The van der Waals surface area contributed by atoms with Gasteiger partial charge in [0.25, 0.3) is 0 Å². The molecule has 102 valence electrons. The highest BCUT2D eigenvalue weighted by Crippen LogP contribution is 2.17. The third-order valence-corrected chi connectivity index (χ3v) is 4.56. The minimum absolute atomic E-state index is 0.0142. The maximum Gasteiger partial charge on any atom is 0.218 e. The zero-order valence-electron chi connectivity index (χ0n) is 11.1. The van der Waals surface area contributed by atoms with Crippen LogP contribution in [0.5, 0.6) is 0 Å². The van der Waals surface area contributed by atoms with E-state index < -0.39 is 10.0 Å². The van der Waals surface area contributed by atoms with Crippen LogP contribution in [0.4, 0.5) is 5.69 Å². The minimum Gasteiger partial charge on any atom is -0.398 e. The molecule has 0 amide bonds. The number of hydrogen-bond donors (Lipinski definition) is 1. The first kappa shape index (κ1) is 15.0. The Hall–Kier alpha value is -1.07. The Morgan fingerprint density at radius 2 is 1.67 bits per heavy atom. The molecule has 0 spiro atoms. The number of hydrogen-bond acceptors (Lipinski definition) is 3. The first-order valence-electron chi connectivity index (χ1n) is 6.32. The molecule has 5 heteroatoms. The van der Waals surface area contributed by atoms with Gasteiger partial charge >= 0.3 is 0 Å². The van der Waals surface area contributed by atoms with E-state index in [9.17, 15) is 8.42 Å². The van der Waals surface area contributed by atoms with Crippen molar-refractivity contribution in [3.05, 3.63) is 29.8 Å². The van der Waals surface area contributed by atoms with Crippen LogP contribution in [-0.4, -0.2) is 25.8 Å². The summed E-state index contributed by atoms with van der Waals surface area (Å²) in [5.74, 6) is -0.0142. The highest BCUT2D eigenvalue weighted by Gasteiger charge is 2.21. The molecule has 0 aliphatic heterocycles. The van der Waals surface area contributed by atoms with Gasteiger partial charge in [0.1, 0.15) is 0 Å². The molecular formula is C13H22N2O2S. The van der Waals surface area contributed by atoms with Crippen LogP contribution in [0, 0.1) is 0 Å². The van der Waals surface area contributed by atoms with Gasteiger partial charge in [0.15, 0.2) is 0 Å². The van der Waals surface area contributed by atoms with Crippen molar-refractivity contribution in [3.63, 3.8) is 0 Å². The Bertz CT molecular complexity index is 466. The van der Waals surface area contributed by atoms with Crippen molar-refractivity contribution >= 4 is 15.7 Å². The number of sulfonamides is 1. The van der Waals surface area contributed by atoms with E-state index in [4.69, 9.17) is 5.73 Å². The number of benzene rings is 1. The van der Waals surface area contributed by atoms with Crippen LogP contribution < -0.4 is 5.73 Å². The van der Waals surface area contributed by atoms with Crippen molar-refractivity contribution in [2.24, 2.45) is 0 Å². The fourth-order valence-corrected chi connectivity index (χ4v) is 3.60. The van der Waals surface area contributed by atoms with Crippen molar-refractivity contribution in [1.29, 1.82) is 0 Å². The summed E-state index contributed by atoms with van der Waals surface area (Å²) in [5.41, 5.74) is 7.00. The summed E-state index contributed by atoms with van der Waals surface area (Å²) < 4.78 is 26.2. The van der Waals surface area contributed by atoms with Gasteiger partial charge in [0.2, 0.25) is 10.0 Å². The van der Waals surface area contributed by atoms with Crippen LogP contribution in [0.3, 0.4) is 0 Å². The number of nitrogens with zero attached hydrogens (tertiary/aromatic N) is 1. The Morgan fingerprint density at radius 3 is 2.17 bits per heavy atom. The SMILES string of the molecule is CCCN(CCC)S(=O)(=O)Cc1ccccc1N. The summed E-state index contributed by atoms with van der Waals surface area (Å²) in [6, 6.07) is 7.12. The molecule has 1 aromatic rings. The molecule has 0 saturated heterocycles. The van der Waals surface area contributed by atoms with Gasteiger partial charge in [-0.3, -0.25) is 0 Å². The first-order valence-corrected chi connectivity index (χ1v) is 7.93. The second-order valence-electron chi connectivity index (χ2n) is 4.35. The van der Waals surface area contributed by atoms with E-state index in [0.29, 0.717) is 24.3 Å². The Morgan fingerprint density at radius 1 is 1.11 bits per heavy atom. The molecule has 0 aliphatic carbocycles. The molecule has 0 saturated carbocycles. The van der Waals surface area contributed by atoms with Crippen LogP contribution in [0.25, 0.3) is 0 Å². The normalized spacial score (nSPS) is 11.9. The number of nitrogen functional groups attached to an aromatic ring is 1. The standard InChI is InChI=1S/C13H22N2O2S/c1-3-9-15(10-4-2)18(16,17)11-12-7-5-6-8-13(12)14/h5-8H,3-4,9-11,14H2,1-2H3. The molecule has 2 N–H and O–H groups in total. The second-order valence-corrected chi connectivity index (χ2v) is 6.32. The van der Waals surface area contributed by atoms with Crippen LogP contribution >= 0.6 is 0 Å². The monoisotopic (exact) mass is 270 g/mol. The van der Waals surface area contributed by atoms with Crippen LogP contribution in [0.15, 0.2) is 24.3 Å². The van der Waals surface area contributed by atoms with E-state index in [2.05, 4.69) is 0 Å². The van der Waals surface area contributed by atoms with E-state index in [1.165, 1.54) is 0 Å². The lowest BCUT2D eigenvalue weighted by atomic mass is 10.2. The largest absolute Gasteiger partial charge is 0.398 e. The summed E-state index contributed by atoms with van der Waals surface area (Å²) >= 11 is 0. The Balaban J connectivity index is 2.89. The first-order chi connectivity index (χ1) is 8.51. The Kier molecular flexibility index (Phi) is 5.62. The predicted octanol–water partition coefficient (Wildman–Crippen LogP) is 2.22. The highest BCUT2D eigenvalue weighted by molar-refractivity contribution is 7.88. The van der Waals surface area contributed by atoms with E-state index in [0.717, 1.165) is 12.8 Å². The lowest BCUT2D eigenvalue weighted by molar-refractivity contribution is 0.409. The van der Waals surface area contributed by atoms with Gasteiger partial charge in [0, 0.05) is 18.8 Å². The number of para-hydroxylation sites is 1. The van der Waals surface area contributed by atoms with E-state index >= 15 is 0 Å². The third-order valence-electron chi connectivity index (χ3n) is 2.73. The van der Waals surface area contributed by atoms with Gasteiger partial charge in [0.05, 0.1) is 5.75 Å². The van der Waals surface area contributed by atoms with Gasteiger partial charge in [-0.25, -0.2) is 12.7 Å². The van der Waals surface area contributed by atoms with Gasteiger partial charge in [-0.05, 0) is 24.5 Å². The molecule has 0 unspecified atom stereocenters. The van der Waals surface area contributed by atoms with Crippen LogP contribution in [0.1, 0.15) is 32.3 Å². The minimum atomic E-state index is -3.27. The number of nitrogens with two attached hydrogens (primary N) is 1. The van der Waals surface area contributed by atoms with Crippen molar-refractivity contribution in [2.45, 2.75) is 32.4 Å². The van der Waals surface area contributed by atoms with Crippen LogP contribution in [-0.2, 0) is 15.8 Å². The molecule has 4 nitrogen and oxygen atoms in total. The number of rotatable bonds is 7. The molecule has 0 aliphatic rings. The summed E-state index contributed by atoms with van der Waals surface area (Å²) in [5, 5.41) is 0. The lowest BCUT2D eigenvalue weighted by Gasteiger charge is -2.21. The van der Waals surface area contributed by atoms with Gasteiger partial charge < -0.3 is 5.73 Å². The van der Waals surface area contributed by atoms with Gasteiger partial charge in [-0.1, -0.05) is 32.0 Å². The second kappa shape index (κ2) is 6.75. The van der Waals surface area contributed by atoms with Crippen molar-refractivity contribution in [2.75, 3.05) is 18.8 Å². The molecule has 18 heavy (non-hydrogen) atoms. The summed E-state index contributed by atoms with van der Waals surface area (Å²) in [6.07, 6.45) is 1.65. The topological polar surface area (TPSA) is 63.4 Å². The predicted molar refractivity (Wildman–Crippen MR) is 75.6 cm³/mol. The van der Waals surface area contributed by atoms with E-state index in [1.807, 2.05) is 19.9 Å². The fraction of sp³-hybridized carbons (Fsp3) is 0.538. The van der Waals surface area contributed by atoms with Gasteiger partial charge in [-0.15, -0.1) is 0 Å². The fourth-order valence-electron chi connectivity index (χ4n) is 1.84. The maximum atomic E-state index is 12.3. The smallest absolute Gasteiger partial charge is 0.218 e. The molecule has 0 radical (unpaired) electrons. The quantitative estimate of drug-likeness (QED) is 0.773. The summed E-state index contributed by atoms with van der Waals surface area (Å²) in [4.78, 5) is 0.